The average molecular weight is 319 g/mol. The van der Waals surface area contributed by atoms with E-state index >= 15 is 0 Å². The van der Waals surface area contributed by atoms with Crippen LogP contribution < -0.4 is 4.74 Å². The minimum Gasteiger partial charge on any atom is -0.485 e. The van der Waals surface area contributed by atoms with Crippen LogP contribution in [0.1, 0.15) is 24.1 Å². The third-order valence-corrected chi connectivity index (χ3v) is 4.52. The third kappa shape index (κ3) is 3.24. The maximum absolute atomic E-state index is 5.99. The van der Waals surface area contributed by atoms with Crippen molar-refractivity contribution in [3.8, 4) is 5.75 Å². The van der Waals surface area contributed by atoms with E-state index in [1.165, 1.54) is 36.9 Å². The van der Waals surface area contributed by atoms with E-state index in [9.17, 15) is 0 Å². The first-order valence-corrected chi connectivity index (χ1v) is 8.52. The third-order valence-electron chi connectivity index (χ3n) is 4.52. The van der Waals surface area contributed by atoms with Gasteiger partial charge in [0, 0.05) is 24.3 Å². The molecule has 1 aliphatic heterocycles. The van der Waals surface area contributed by atoms with Gasteiger partial charge in [-0.25, -0.2) is 0 Å². The molecule has 2 aromatic heterocycles. The van der Waals surface area contributed by atoms with E-state index in [0.717, 1.165) is 23.5 Å². The second-order valence-corrected chi connectivity index (χ2v) is 6.22. The van der Waals surface area contributed by atoms with E-state index in [0.29, 0.717) is 6.61 Å². The highest BCUT2D eigenvalue weighted by molar-refractivity contribution is 5.87. The Morgan fingerprint density at radius 3 is 2.62 bits per heavy atom. The molecule has 3 heterocycles. The van der Waals surface area contributed by atoms with E-state index in [2.05, 4.69) is 27.0 Å². The van der Waals surface area contributed by atoms with E-state index < -0.39 is 0 Å². The van der Waals surface area contributed by atoms with Crippen LogP contribution in [0, 0.1) is 0 Å². The molecule has 0 radical (unpaired) electrons. The normalized spacial score (nSPS) is 15.0. The minimum absolute atomic E-state index is 0.456. The molecule has 0 aliphatic carbocycles. The summed E-state index contributed by atoms with van der Waals surface area (Å²) in [6.45, 7) is 3.83. The van der Waals surface area contributed by atoms with Crippen LogP contribution in [-0.4, -0.2) is 28.0 Å². The van der Waals surface area contributed by atoms with Gasteiger partial charge >= 0.3 is 0 Å². The summed E-state index contributed by atoms with van der Waals surface area (Å²) in [6, 6.07) is 14.2. The summed E-state index contributed by atoms with van der Waals surface area (Å²) in [5, 5.41) is 1.18. The topological polar surface area (TPSA) is 38.2 Å². The number of hydrogen-bond acceptors (Lipinski definition) is 4. The highest BCUT2D eigenvalue weighted by Gasteiger charge is 2.15. The standard InChI is InChI=1S/C20H21N3O/c1-2-10-21-17(6-1)15-24-19-9-8-16(14-23-12-3-4-13-23)18-7-5-11-22-20(18)19/h1-2,5-11H,3-4,12-15H2. The number of benzene rings is 1. The number of hydrogen-bond donors (Lipinski definition) is 0. The van der Waals surface area contributed by atoms with Gasteiger partial charge in [-0.1, -0.05) is 18.2 Å². The van der Waals surface area contributed by atoms with E-state index in [1.54, 1.807) is 6.20 Å². The molecule has 4 heteroatoms. The summed E-state index contributed by atoms with van der Waals surface area (Å²) >= 11 is 0. The van der Waals surface area contributed by atoms with Crippen molar-refractivity contribution in [3.05, 3.63) is 66.1 Å². The lowest BCUT2D eigenvalue weighted by Gasteiger charge is -2.17. The summed E-state index contributed by atoms with van der Waals surface area (Å²) in [5.74, 6) is 0.821. The molecule has 0 unspecified atom stereocenters. The molecule has 0 spiro atoms. The molecular formula is C20H21N3O. The van der Waals surface area contributed by atoms with Gasteiger partial charge in [-0.2, -0.15) is 0 Å². The van der Waals surface area contributed by atoms with Crippen LogP contribution in [0.3, 0.4) is 0 Å². The van der Waals surface area contributed by atoms with Crippen molar-refractivity contribution in [1.82, 2.24) is 14.9 Å². The van der Waals surface area contributed by atoms with Gasteiger partial charge in [-0.05, 0) is 55.8 Å². The predicted molar refractivity (Wildman–Crippen MR) is 94.8 cm³/mol. The highest BCUT2D eigenvalue weighted by Crippen LogP contribution is 2.28. The Balaban J connectivity index is 1.60. The van der Waals surface area contributed by atoms with Crippen LogP contribution in [0.5, 0.6) is 5.75 Å². The molecule has 1 aromatic carbocycles. The van der Waals surface area contributed by atoms with Gasteiger partial charge in [-0.15, -0.1) is 0 Å². The summed E-state index contributed by atoms with van der Waals surface area (Å²) in [6.07, 6.45) is 6.23. The number of aromatic nitrogens is 2. The van der Waals surface area contributed by atoms with E-state index in [4.69, 9.17) is 4.74 Å². The quantitative estimate of drug-likeness (QED) is 0.717. The van der Waals surface area contributed by atoms with E-state index in [1.807, 2.05) is 36.5 Å². The highest BCUT2D eigenvalue weighted by atomic mass is 16.5. The summed E-state index contributed by atoms with van der Waals surface area (Å²) < 4.78 is 5.99. The Kier molecular flexibility index (Phi) is 4.38. The Morgan fingerprint density at radius 2 is 1.79 bits per heavy atom. The lowest BCUT2D eigenvalue weighted by molar-refractivity contribution is 0.304. The summed E-state index contributed by atoms with van der Waals surface area (Å²) in [4.78, 5) is 11.4. The molecule has 0 N–H and O–H groups in total. The maximum atomic E-state index is 5.99. The van der Waals surface area contributed by atoms with Crippen LogP contribution in [0.4, 0.5) is 0 Å². The van der Waals surface area contributed by atoms with Gasteiger partial charge in [0.1, 0.15) is 17.9 Å². The first kappa shape index (κ1) is 15.1. The maximum Gasteiger partial charge on any atom is 0.146 e. The number of fused-ring (bicyclic) bond motifs is 1. The van der Waals surface area contributed by atoms with Gasteiger partial charge < -0.3 is 4.74 Å². The molecule has 1 aliphatic rings. The van der Waals surface area contributed by atoms with Gasteiger partial charge in [0.2, 0.25) is 0 Å². The van der Waals surface area contributed by atoms with Crippen LogP contribution in [0.15, 0.2) is 54.9 Å². The zero-order chi connectivity index (χ0) is 16.2. The minimum atomic E-state index is 0.456. The molecular weight excluding hydrogens is 298 g/mol. The van der Waals surface area contributed by atoms with Gasteiger partial charge in [0.25, 0.3) is 0 Å². The molecule has 0 bridgehead atoms. The molecule has 3 aromatic rings. The van der Waals surface area contributed by atoms with Gasteiger partial charge in [0.05, 0.1) is 5.69 Å². The molecule has 1 fully saturated rings. The molecule has 122 valence electrons. The van der Waals surface area contributed by atoms with Crippen LogP contribution in [-0.2, 0) is 13.2 Å². The largest absolute Gasteiger partial charge is 0.485 e. The average Bonchev–Trinajstić information content (AvgIpc) is 3.15. The van der Waals surface area contributed by atoms with Crippen molar-refractivity contribution in [2.24, 2.45) is 0 Å². The molecule has 0 saturated carbocycles. The lowest BCUT2D eigenvalue weighted by atomic mass is 10.1. The second-order valence-electron chi connectivity index (χ2n) is 6.22. The second kappa shape index (κ2) is 6.97. The zero-order valence-electron chi connectivity index (χ0n) is 13.7. The number of likely N-dealkylation sites (tertiary alicyclic amines) is 1. The SMILES string of the molecule is c1ccc(COc2ccc(CN3CCCC3)c3cccnc23)nc1. The van der Waals surface area contributed by atoms with Gasteiger partial charge in [-0.3, -0.25) is 14.9 Å². The zero-order valence-corrected chi connectivity index (χ0v) is 13.7. The molecule has 24 heavy (non-hydrogen) atoms. The molecule has 4 nitrogen and oxygen atoms in total. The van der Waals surface area contributed by atoms with Crippen molar-refractivity contribution in [2.45, 2.75) is 26.0 Å². The fraction of sp³-hybridized carbons (Fsp3) is 0.300. The van der Waals surface area contributed by atoms with Crippen molar-refractivity contribution in [3.63, 3.8) is 0 Å². The number of nitrogens with zero attached hydrogens (tertiary/aromatic N) is 3. The van der Waals surface area contributed by atoms with Crippen LogP contribution in [0.25, 0.3) is 10.9 Å². The number of rotatable bonds is 5. The monoisotopic (exact) mass is 319 g/mol. The number of pyridine rings is 2. The fourth-order valence-electron chi connectivity index (χ4n) is 3.28. The van der Waals surface area contributed by atoms with Crippen LogP contribution >= 0.6 is 0 Å². The fourth-order valence-corrected chi connectivity index (χ4v) is 3.28. The molecule has 0 atom stereocenters. The number of ether oxygens (including phenoxy) is 1. The van der Waals surface area contributed by atoms with Crippen molar-refractivity contribution >= 4 is 10.9 Å². The Hall–Kier alpha value is -2.46. The van der Waals surface area contributed by atoms with E-state index in [-0.39, 0.29) is 0 Å². The summed E-state index contributed by atoms with van der Waals surface area (Å²) in [7, 11) is 0. The summed E-state index contributed by atoms with van der Waals surface area (Å²) in [5.41, 5.74) is 3.18. The predicted octanol–water partition coefficient (Wildman–Crippen LogP) is 3.80. The van der Waals surface area contributed by atoms with Crippen molar-refractivity contribution in [2.75, 3.05) is 13.1 Å². The smallest absolute Gasteiger partial charge is 0.146 e. The van der Waals surface area contributed by atoms with Crippen molar-refractivity contribution < 1.29 is 4.74 Å². The molecule has 1 saturated heterocycles. The Morgan fingerprint density at radius 1 is 0.917 bits per heavy atom. The van der Waals surface area contributed by atoms with Crippen molar-refractivity contribution in [1.29, 1.82) is 0 Å². The van der Waals surface area contributed by atoms with Crippen LogP contribution in [0.2, 0.25) is 0 Å². The molecule has 4 rings (SSSR count). The van der Waals surface area contributed by atoms with Gasteiger partial charge in [0.15, 0.2) is 0 Å². The Bertz CT molecular complexity index is 813. The first-order chi connectivity index (χ1) is 11.9. The first-order valence-electron chi connectivity index (χ1n) is 8.52. The molecule has 0 amide bonds. The lowest BCUT2D eigenvalue weighted by Crippen LogP contribution is -2.18. The Labute approximate surface area is 142 Å².